The van der Waals surface area contributed by atoms with Gasteiger partial charge in [0, 0.05) is 19.6 Å². The van der Waals surface area contributed by atoms with Gasteiger partial charge >= 0.3 is 0 Å². The molecule has 84 valence electrons. The molecule has 0 aromatic rings. The van der Waals surface area contributed by atoms with Gasteiger partial charge in [-0.1, -0.05) is 13.8 Å². The average molecular weight is 202 g/mol. The maximum Gasteiger partial charge on any atom is 0.248 e. The van der Waals surface area contributed by atoms with Crippen molar-refractivity contribution in [1.82, 2.24) is 4.90 Å². The Morgan fingerprint density at radius 2 is 1.86 bits per heavy atom. The van der Waals surface area contributed by atoms with Crippen molar-refractivity contribution < 1.29 is 9.53 Å². The average Bonchev–Trinajstić information content (AvgIpc) is 2.17. The molecule has 0 aliphatic rings. The highest BCUT2D eigenvalue weighted by Crippen LogP contribution is 2.11. The van der Waals surface area contributed by atoms with Crippen molar-refractivity contribution in [2.24, 2.45) is 5.73 Å². The molecule has 0 aliphatic heterocycles. The van der Waals surface area contributed by atoms with E-state index in [0.717, 1.165) is 12.8 Å². The number of likely N-dealkylation sites (N-methyl/N-ethyl adjacent to an activating group) is 1. The third-order valence-electron chi connectivity index (χ3n) is 2.52. The Labute approximate surface area is 86.4 Å². The van der Waals surface area contributed by atoms with Gasteiger partial charge in [0.1, 0.15) is 6.61 Å². The minimum absolute atomic E-state index is 0.0282. The van der Waals surface area contributed by atoms with Crippen LogP contribution < -0.4 is 5.73 Å². The first-order valence-electron chi connectivity index (χ1n) is 5.02. The maximum atomic E-state index is 11.2. The van der Waals surface area contributed by atoms with Crippen LogP contribution in [0.3, 0.4) is 0 Å². The molecule has 0 aromatic heterocycles. The molecule has 0 fully saturated rings. The molecule has 0 aliphatic carbocycles. The van der Waals surface area contributed by atoms with Gasteiger partial charge in [-0.2, -0.15) is 0 Å². The molecule has 2 N–H and O–H groups in total. The lowest BCUT2D eigenvalue weighted by Crippen LogP contribution is -2.44. The number of amides is 1. The van der Waals surface area contributed by atoms with Crippen molar-refractivity contribution in [2.75, 3.05) is 27.3 Å². The topological polar surface area (TPSA) is 55.6 Å². The third kappa shape index (κ3) is 4.58. The van der Waals surface area contributed by atoms with Crippen molar-refractivity contribution in [1.29, 1.82) is 0 Å². The second kappa shape index (κ2) is 5.98. The molecular formula is C10H22N2O2. The Kier molecular flexibility index (Phi) is 5.72. The smallest absolute Gasteiger partial charge is 0.248 e. The van der Waals surface area contributed by atoms with Crippen LogP contribution in [-0.2, 0) is 9.53 Å². The number of nitrogens with two attached hydrogens (primary N) is 1. The van der Waals surface area contributed by atoms with Crippen LogP contribution in [0.15, 0.2) is 0 Å². The highest BCUT2D eigenvalue weighted by molar-refractivity contribution is 5.76. The number of nitrogens with zero attached hydrogens (tertiary/aromatic N) is 1. The number of ether oxygens (including phenoxy) is 1. The van der Waals surface area contributed by atoms with Gasteiger partial charge in [0.15, 0.2) is 0 Å². The van der Waals surface area contributed by atoms with Crippen LogP contribution in [0.5, 0.6) is 0 Å². The van der Waals surface area contributed by atoms with E-state index in [1.807, 2.05) is 13.8 Å². The van der Waals surface area contributed by atoms with Crippen LogP contribution in [0.1, 0.15) is 26.7 Å². The summed E-state index contributed by atoms with van der Waals surface area (Å²) in [6.07, 6.45) is 1.72. The normalized spacial score (nSPS) is 11.5. The molecule has 1 amide bonds. The SMILES string of the molecule is CCC(N)(CC)COCC(=O)N(C)C. The predicted octanol–water partition coefficient (Wildman–Crippen LogP) is 0.609. The van der Waals surface area contributed by atoms with Gasteiger partial charge in [0.05, 0.1) is 6.61 Å². The summed E-state index contributed by atoms with van der Waals surface area (Å²) in [5.74, 6) is -0.0282. The van der Waals surface area contributed by atoms with Crippen LogP contribution in [0.25, 0.3) is 0 Å². The van der Waals surface area contributed by atoms with E-state index in [1.54, 1.807) is 14.1 Å². The summed E-state index contributed by atoms with van der Waals surface area (Å²) in [5.41, 5.74) is 5.72. The van der Waals surface area contributed by atoms with E-state index in [-0.39, 0.29) is 18.1 Å². The molecule has 0 radical (unpaired) electrons. The van der Waals surface area contributed by atoms with Crippen molar-refractivity contribution in [3.63, 3.8) is 0 Å². The van der Waals surface area contributed by atoms with Gasteiger partial charge in [0.25, 0.3) is 0 Å². The molecule has 14 heavy (non-hydrogen) atoms. The van der Waals surface area contributed by atoms with Crippen LogP contribution in [-0.4, -0.2) is 43.7 Å². The van der Waals surface area contributed by atoms with E-state index in [1.165, 1.54) is 4.90 Å². The molecule has 0 atom stereocenters. The minimum atomic E-state index is -0.285. The van der Waals surface area contributed by atoms with Crippen LogP contribution in [0.2, 0.25) is 0 Å². The lowest BCUT2D eigenvalue weighted by Gasteiger charge is -2.26. The Bertz CT molecular complexity index is 177. The van der Waals surface area contributed by atoms with Crippen molar-refractivity contribution in [2.45, 2.75) is 32.2 Å². The van der Waals surface area contributed by atoms with Gasteiger partial charge in [-0.15, -0.1) is 0 Å². The highest BCUT2D eigenvalue weighted by atomic mass is 16.5. The fraction of sp³-hybridized carbons (Fsp3) is 0.900. The zero-order chi connectivity index (χ0) is 11.2. The zero-order valence-electron chi connectivity index (χ0n) is 9.67. The molecule has 0 heterocycles. The maximum absolute atomic E-state index is 11.2. The molecule has 0 saturated carbocycles. The predicted molar refractivity (Wildman–Crippen MR) is 57.0 cm³/mol. The largest absolute Gasteiger partial charge is 0.370 e. The molecule has 0 spiro atoms. The number of carbonyl (C=O) groups is 1. The van der Waals surface area contributed by atoms with Gasteiger partial charge in [-0.05, 0) is 12.8 Å². The summed E-state index contributed by atoms with van der Waals surface area (Å²) in [6.45, 7) is 4.62. The van der Waals surface area contributed by atoms with Crippen molar-refractivity contribution >= 4 is 5.91 Å². The first kappa shape index (κ1) is 13.4. The number of hydrogen-bond acceptors (Lipinski definition) is 3. The highest BCUT2D eigenvalue weighted by Gasteiger charge is 2.20. The van der Waals surface area contributed by atoms with Crippen LogP contribution >= 0.6 is 0 Å². The summed E-state index contributed by atoms with van der Waals surface area (Å²) >= 11 is 0. The molecule has 0 rings (SSSR count). The lowest BCUT2D eigenvalue weighted by molar-refractivity contribution is -0.134. The summed E-state index contributed by atoms with van der Waals surface area (Å²) < 4.78 is 5.29. The second-order valence-electron chi connectivity index (χ2n) is 3.85. The number of carbonyl (C=O) groups excluding carboxylic acids is 1. The summed E-state index contributed by atoms with van der Waals surface area (Å²) in [6, 6.07) is 0. The minimum Gasteiger partial charge on any atom is -0.370 e. The quantitative estimate of drug-likeness (QED) is 0.686. The van der Waals surface area contributed by atoms with Gasteiger partial charge < -0.3 is 15.4 Å². The van der Waals surface area contributed by atoms with Crippen molar-refractivity contribution in [3.05, 3.63) is 0 Å². The molecule has 4 heteroatoms. The Hall–Kier alpha value is -0.610. The van der Waals surface area contributed by atoms with Gasteiger partial charge in [-0.3, -0.25) is 4.79 Å². The van der Waals surface area contributed by atoms with E-state index in [0.29, 0.717) is 6.61 Å². The summed E-state index contributed by atoms with van der Waals surface area (Å²) in [5, 5.41) is 0. The monoisotopic (exact) mass is 202 g/mol. The van der Waals surface area contributed by atoms with E-state index in [9.17, 15) is 4.79 Å². The Morgan fingerprint density at radius 1 is 1.36 bits per heavy atom. The first-order valence-corrected chi connectivity index (χ1v) is 5.02. The standard InChI is InChI=1S/C10H22N2O2/c1-5-10(11,6-2)8-14-7-9(13)12(3)4/h5-8,11H2,1-4H3. The Balaban J connectivity index is 3.78. The third-order valence-corrected chi connectivity index (χ3v) is 2.52. The first-order chi connectivity index (χ1) is 6.45. The molecule has 4 nitrogen and oxygen atoms in total. The van der Waals surface area contributed by atoms with Gasteiger partial charge in [-0.25, -0.2) is 0 Å². The van der Waals surface area contributed by atoms with Crippen molar-refractivity contribution in [3.8, 4) is 0 Å². The molecular weight excluding hydrogens is 180 g/mol. The molecule has 0 aromatic carbocycles. The zero-order valence-corrected chi connectivity index (χ0v) is 9.67. The summed E-state index contributed by atoms with van der Waals surface area (Å²) in [7, 11) is 3.42. The fourth-order valence-corrected chi connectivity index (χ4v) is 0.925. The molecule has 0 saturated heterocycles. The fourth-order valence-electron chi connectivity index (χ4n) is 0.925. The van der Waals surface area contributed by atoms with E-state index < -0.39 is 0 Å². The Morgan fingerprint density at radius 3 is 2.21 bits per heavy atom. The van der Waals surface area contributed by atoms with E-state index >= 15 is 0 Å². The van der Waals surface area contributed by atoms with Crippen LogP contribution in [0.4, 0.5) is 0 Å². The van der Waals surface area contributed by atoms with E-state index in [4.69, 9.17) is 10.5 Å². The molecule has 0 unspecified atom stereocenters. The lowest BCUT2D eigenvalue weighted by atomic mass is 9.96. The number of rotatable bonds is 6. The number of hydrogen-bond donors (Lipinski definition) is 1. The summed E-state index contributed by atoms with van der Waals surface area (Å²) in [4.78, 5) is 12.7. The molecule has 0 bridgehead atoms. The van der Waals surface area contributed by atoms with Crippen LogP contribution in [0, 0.1) is 0 Å². The van der Waals surface area contributed by atoms with Gasteiger partial charge in [0.2, 0.25) is 5.91 Å². The second-order valence-corrected chi connectivity index (χ2v) is 3.85. The van der Waals surface area contributed by atoms with E-state index in [2.05, 4.69) is 0 Å².